The van der Waals surface area contributed by atoms with Crippen molar-refractivity contribution in [1.29, 1.82) is 0 Å². The first-order valence-corrected chi connectivity index (χ1v) is 14.8. The summed E-state index contributed by atoms with van der Waals surface area (Å²) in [4.78, 5) is 61.3. The highest BCUT2D eigenvalue weighted by Gasteiger charge is 2.72. The van der Waals surface area contributed by atoms with Gasteiger partial charge in [-0.25, -0.2) is 4.98 Å². The summed E-state index contributed by atoms with van der Waals surface area (Å²) in [5.41, 5.74) is -2.21. The van der Waals surface area contributed by atoms with Crippen LogP contribution in [0.5, 0.6) is 11.5 Å². The highest BCUT2D eigenvalue weighted by atomic mass is 16.7. The number of anilines is 1. The second kappa shape index (κ2) is 13.2. The number of ether oxygens (including phenoxy) is 3. The number of aromatic amines is 1. The van der Waals surface area contributed by atoms with E-state index in [4.69, 9.17) is 19.2 Å². The summed E-state index contributed by atoms with van der Waals surface area (Å²) in [5.74, 6) is -3.73. The van der Waals surface area contributed by atoms with Crippen LogP contribution in [0.25, 0.3) is 22.6 Å². The molecule has 0 saturated carbocycles. The molecule has 4 rings (SSSR count). The minimum Gasteiger partial charge on any atom is -0.493 e. The lowest BCUT2D eigenvalue weighted by molar-refractivity contribution is -0.289. The standard InChI is InChI=1S/C33H40N4O10/c1-16-26(21-9-12-23(13-10-21)37(6)7)36-30(34-16)22-11-14-24(25(15-22)45-8)46-31-28(35-20(5)41)32(43,18(3)39)33(44,19(4)40)29(47-31)27(42)17(2)38/h9-15,17,28-29,31,38,43-44H,1-8H3,(H,34,36)(H,35,41)/t17?,28-,29-,31-,32-,33-/m1/s1. The number of methoxy groups -OCH3 is 1. The van der Waals surface area contributed by atoms with Gasteiger partial charge in [0.15, 0.2) is 46.2 Å². The van der Waals surface area contributed by atoms with Gasteiger partial charge in [0.1, 0.15) is 18.0 Å². The average molecular weight is 653 g/mol. The zero-order chi connectivity index (χ0) is 35.0. The Morgan fingerprint density at radius 2 is 1.57 bits per heavy atom. The number of aliphatic hydroxyl groups is 3. The number of Topliss-reactive ketones (excluding diaryl/α,β-unsaturated/α-hetero) is 3. The lowest BCUT2D eigenvalue weighted by Crippen LogP contribution is -2.83. The molecule has 0 aliphatic carbocycles. The lowest BCUT2D eigenvalue weighted by Gasteiger charge is -2.53. The molecule has 252 valence electrons. The van der Waals surface area contributed by atoms with E-state index in [2.05, 4.69) is 10.3 Å². The number of amides is 1. The Hall–Kier alpha value is -4.63. The number of carbonyl (C=O) groups is 4. The van der Waals surface area contributed by atoms with Crippen molar-refractivity contribution in [2.24, 2.45) is 0 Å². The Kier molecular flexibility index (Phi) is 9.92. The lowest BCUT2D eigenvalue weighted by atomic mass is 9.66. The molecule has 1 aliphatic heterocycles. The van der Waals surface area contributed by atoms with Gasteiger partial charge in [-0.15, -0.1) is 0 Å². The van der Waals surface area contributed by atoms with Crippen molar-refractivity contribution in [3.63, 3.8) is 0 Å². The molecular formula is C33H40N4O10. The maximum Gasteiger partial charge on any atom is 0.224 e. The van der Waals surface area contributed by atoms with E-state index in [9.17, 15) is 34.5 Å². The molecule has 14 heteroatoms. The molecular weight excluding hydrogens is 612 g/mol. The first-order valence-electron chi connectivity index (χ1n) is 14.8. The Morgan fingerprint density at radius 1 is 0.979 bits per heavy atom. The number of hydrogen-bond acceptors (Lipinski definition) is 12. The van der Waals surface area contributed by atoms with E-state index in [-0.39, 0.29) is 11.5 Å². The largest absolute Gasteiger partial charge is 0.493 e. The molecule has 5 N–H and O–H groups in total. The van der Waals surface area contributed by atoms with Crippen molar-refractivity contribution in [2.75, 3.05) is 26.1 Å². The quantitative estimate of drug-likeness (QED) is 0.199. The van der Waals surface area contributed by atoms with Crippen molar-refractivity contribution in [3.8, 4) is 34.1 Å². The summed E-state index contributed by atoms with van der Waals surface area (Å²) in [6.45, 7) is 5.75. The number of ketones is 3. The van der Waals surface area contributed by atoms with Crippen LogP contribution in [0.1, 0.15) is 33.4 Å². The number of aliphatic hydroxyl groups excluding tert-OH is 1. The third kappa shape index (κ3) is 6.24. The second-order valence-corrected chi connectivity index (χ2v) is 11.8. The van der Waals surface area contributed by atoms with Gasteiger partial charge in [0.25, 0.3) is 0 Å². The van der Waals surface area contributed by atoms with E-state index in [1.54, 1.807) is 12.1 Å². The predicted octanol–water partition coefficient (Wildman–Crippen LogP) is 1.33. The second-order valence-electron chi connectivity index (χ2n) is 11.8. The Morgan fingerprint density at radius 3 is 2.09 bits per heavy atom. The van der Waals surface area contributed by atoms with Crippen LogP contribution in [0.15, 0.2) is 42.5 Å². The van der Waals surface area contributed by atoms with Crippen LogP contribution in [-0.4, -0.2) is 105 Å². The Balaban J connectivity index is 1.76. The summed E-state index contributed by atoms with van der Waals surface area (Å²) in [5, 5.41) is 35.8. The smallest absolute Gasteiger partial charge is 0.224 e. The average Bonchev–Trinajstić information content (AvgIpc) is 3.41. The maximum atomic E-state index is 13.1. The maximum absolute atomic E-state index is 13.1. The number of nitrogens with one attached hydrogen (secondary N) is 2. The highest BCUT2D eigenvalue weighted by Crippen LogP contribution is 2.43. The Labute approximate surface area is 271 Å². The number of benzene rings is 2. The number of carbonyl (C=O) groups excluding carboxylic acids is 4. The molecule has 14 nitrogen and oxygen atoms in total. The molecule has 2 aromatic carbocycles. The molecule has 0 radical (unpaired) electrons. The normalized spacial score (nSPS) is 24.6. The molecule has 47 heavy (non-hydrogen) atoms. The highest BCUT2D eigenvalue weighted by molar-refractivity contribution is 6.04. The molecule has 1 aromatic heterocycles. The van der Waals surface area contributed by atoms with Gasteiger partial charge in [0.2, 0.25) is 12.2 Å². The van der Waals surface area contributed by atoms with Gasteiger partial charge in [-0.05, 0) is 58.0 Å². The number of aryl methyl sites for hydroxylation is 1. The fourth-order valence-electron chi connectivity index (χ4n) is 5.70. The minimum absolute atomic E-state index is 0.0122. The first-order chi connectivity index (χ1) is 22.0. The van der Waals surface area contributed by atoms with Crippen LogP contribution in [0.2, 0.25) is 0 Å². The zero-order valence-electron chi connectivity index (χ0n) is 27.4. The number of imidazole rings is 1. The third-order valence-electron chi connectivity index (χ3n) is 8.28. The summed E-state index contributed by atoms with van der Waals surface area (Å²) in [6.07, 6.45) is -5.88. The number of hydrogen-bond donors (Lipinski definition) is 5. The van der Waals surface area contributed by atoms with E-state index >= 15 is 0 Å². The molecule has 1 saturated heterocycles. The molecule has 0 spiro atoms. The van der Waals surface area contributed by atoms with Gasteiger partial charge < -0.3 is 44.7 Å². The molecule has 1 unspecified atom stereocenters. The number of rotatable bonds is 11. The summed E-state index contributed by atoms with van der Waals surface area (Å²) in [7, 11) is 5.28. The number of nitrogens with zero attached hydrogens (tertiary/aromatic N) is 2. The van der Waals surface area contributed by atoms with Crippen molar-refractivity contribution in [1.82, 2.24) is 15.3 Å². The van der Waals surface area contributed by atoms with Crippen molar-refractivity contribution >= 4 is 28.9 Å². The predicted molar refractivity (Wildman–Crippen MR) is 170 cm³/mol. The fraction of sp³-hybridized carbons (Fsp3) is 0.424. The van der Waals surface area contributed by atoms with Crippen LogP contribution in [-0.2, 0) is 23.9 Å². The van der Waals surface area contributed by atoms with E-state index in [0.717, 1.165) is 50.3 Å². The molecule has 1 aliphatic rings. The van der Waals surface area contributed by atoms with Gasteiger partial charge in [-0.1, -0.05) is 12.1 Å². The fourth-order valence-corrected chi connectivity index (χ4v) is 5.70. The topological polar surface area (TPSA) is 201 Å². The molecule has 1 amide bonds. The van der Waals surface area contributed by atoms with Gasteiger partial charge in [-0.3, -0.25) is 19.2 Å². The summed E-state index contributed by atoms with van der Waals surface area (Å²) >= 11 is 0. The van der Waals surface area contributed by atoms with Crippen LogP contribution in [0.4, 0.5) is 5.69 Å². The van der Waals surface area contributed by atoms with Gasteiger partial charge in [0, 0.05) is 43.5 Å². The SMILES string of the molecule is COc1cc(-c2nc(-c3ccc(N(C)C)cc3)c(C)[nH]2)ccc1O[C@@H]1O[C@H](C(=O)C(C)O)[C@](O)(C(C)=O)[C@@](O)(C(C)=O)[C@@H]1NC(C)=O. The van der Waals surface area contributed by atoms with E-state index in [1.165, 1.54) is 13.2 Å². The number of aromatic nitrogens is 2. The van der Waals surface area contributed by atoms with E-state index in [1.807, 2.05) is 50.2 Å². The molecule has 1 fully saturated rings. The van der Waals surface area contributed by atoms with Crippen LogP contribution in [0.3, 0.4) is 0 Å². The van der Waals surface area contributed by atoms with Gasteiger partial charge in [0.05, 0.1) is 12.8 Å². The monoisotopic (exact) mass is 652 g/mol. The van der Waals surface area contributed by atoms with Gasteiger partial charge in [-0.2, -0.15) is 0 Å². The zero-order valence-corrected chi connectivity index (χ0v) is 27.4. The number of H-pyrrole nitrogens is 1. The third-order valence-corrected chi connectivity index (χ3v) is 8.28. The van der Waals surface area contributed by atoms with Crippen LogP contribution < -0.4 is 19.7 Å². The van der Waals surface area contributed by atoms with Crippen LogP contribution in [0, 0.1) is 6.92 Å². The molecule has 2 heterocycles. The Bertz CT molecular complexity index is 1680. The molecule has 3 aromatic rings. The van der Waals surface area contributed by atoms with Gasteiger partial charge >= 0.3 is 0 Å². The first kappa shape index (κ1) is 35.2. The summed E-state index contributed by atoms with van der Waals surface area (Å²) in [6, 6.07) is 10.8. The van der Waals surface area contributed by atoms with Crippen molar-refractivity contribution < 1.29 is 48.7 Å². The van der Waals surface area contributed by atoms with E-state index < -0.39 is 59.0 Å². The molecule has 0 bridgehead atoms. The van der Waals surface area contributed by atoms with Crippen LogP contribution >= 0.6 is 0 Å². The van der Waals surface area contributed by atoms with Crippen molar-refractivity contribution in [2.45, 2.75) is 70.4 Å². The summed E-state index contributed by atoms with van der Waals surface area (Å²) < 4.78 is 17.3. The van der Waals surface area contributed by atoms with E-state index in [0.29, 0.717) is 11.4 Å². The van der Waals surface area contributed by atoms with Crippen molar-refractivity contribution in [3.05, 3.63) is 48.2 Å². The minimum atomic E-state index is -3.20. The molecule has 6 atom stereocenters.